The number of halogens is 1. The van der Waals surface area contributed by atoms with E-state index in [2.05, 4.69) is 27.8 Å². The van der Waals surface area contributed by atoms with Gasteiger partial charge in [0.25, 0.3) is 0 Å². The van der Waals surface area contributed by atoms with Gasteiger partial charge in [0.05, 0.1) is 17.9 Å². The van der Waals surface area contributed by atoms with Gasteiger partial charge in [0.15, 0.2) is 0 Å². The first kappa shape index (κ1) is 24.7. The molecule has 0 saturated heterocycles. The minimum atomic E-state index is -0.403. The molecule has 0 amide bonds. The molecule has 0 N–H and O–H groups in total. The van der Waals surface area contributed by atoms with Crippen molar-refractivity contribution in [1.82, 2.24) is 0 Å². The van der Waals surface area contributed by atoms with Crippen molar-refractivity contribution >= 4 is 33.8 Å². The van der Waals surface area contributed by atoms with Gasteiger partial charge in [-0.1, -0.05) is 61.0 Å². The molecule has 0 bridgehead atoms. The van der Waals surface area contributed by atoms with E-state index in [9.17, 15) is 4.79 Å². The lowest BCUT2D eigenvalue weighted by Gasteiger charge is -2.06. The summed E-state index contributed by atoms with van der Waals surface area (Å²) in [5.41, 5.74) is 2.22. The smallest absolute Gasteiger partial charge is 0.343 e. The Kier molecular flexibility index (Phi) is 10.2. The van der Waals surface area contributed by atoms with E-state index in [0.29, 0.717) is 11.3 Å². The molecule has 0 spiro atoms. The fraction of sp³-hybridized carbons (Fsp3) is 0.286. The van der Waals surface area contributed by atoms with Crippen LogP contribution in [0.1, 0.15) is 61.4 Å². The van der Waals surface area contributed by atoms with Crippen molar-refractivity contribution in [3.8, 4) is 11.5 Å². The van der Waals surface area contributed by atoms with E-state index in [1.165, 1.54) is 32.1 Å². The fourth-order valence-corrected chi connectivity index (χ4v) is 3.63. The van der Waals surface area contributed by atoms with Crippen molar-refractivity contribution in [1.29, 1.82) is 0 Å². The van der Waals surface area contributed by atoms with Gasteiger partial charge in [0, 0.05) is 10.7 Å². The van der Waals surface area contributed by atoms with E-state index in [-0.39, 0.29) is 0 Å². The van der Waals surface area contributed by atoms with E-state index < -0.39 is 5.97 Å². The van der Waals surface area contributed by atoms with Crippen LogP contribution < -0.4 is 9.47 Å². The second-order valence-electron chi connectivity index (χ2n) is 7.84. The molecule has 0 atom stereocenters. The van der Waals surface area contributed by atoms with Crippen LogP contribution in [0, 0.1) is 0 Å². The predicted octanol–water partition coefficient (Wildman–Crippen LogP) is 8.16. The lowest BCUT2D eigenvalue weighted by atomic mass is 10.1. The number of hydrogen-bond acceptors (Lipinski definition) is 4. The van der Waals surface area contributed by atoms with Crippen molar-refractivity contribution in [3.63, 3.8) is 0 Å². The van der Waals surface area contributed by atoms with Gasteiger partial charge in [-0.25, -0.2) is 4.79 Å². The summed E-state index contributed by atoms with van der Waals surface area (Å²) in [4.78, 5) is 16.8. The van der Waals surface area contributed by atoms with Crippen LogP contribution in [0.25, 0.3) is 0 Å². The molecule has 0 aliphatic heterocycles. The molecular weight excluding hydrogens is 478 g/mol. The molecule has 0 aliphatic rings. The van der Waals surface area contributed by atoms with Crippen LogP contribution in [0.15, 0.2) is 82.3 Å². The predicted molar refractivity (Wildman–Crippen MR) is 138 cm³/mol. The standard InChI is InChI=1S/C28H30BrNO3/c1-2-3-4-5-6-7-19-32-26-17-11-22(12-18-26)21-30-25-15-13-23(14-16-25)28(31)33-27-10-8-9-24(29)20-27/h8-18,20-21H,2-7,19H2,1H3. The first-order valence-electron chi connectivity index (χ1n) is 11.5. The molecule has 4 nitrogen and oxygen atoms in total. The number of carbonyl (C=O) groups is 1. The molecule has 3 rings (SSSR count). The number of unbranched alkanes of at least 4 members (excludes halogenated alkanes) is 5. The molecule has 33 heavy (non-hydrogen) atoms. The maximum absolute atomic E-state index is 12.3. The highest BCUT2D eigenvalue weighted by Gasteiger charge is 2.08. The first-order valence-corrected chi connectivity index (χ1v) is 12.3. The lowest BCUT2D eigenvalue weighted by molar-refractivity contribution is 0.0734. The Morgan fingerprint density at radius 2 is 1.61 bits per heavy atom. The number of hydrogen-bond donors (Lipinski definition) is 0. The molecule has 0 radical (unpaired) electrons. The Morgan fingerprint density at radius 1 is 0.879 bits per heavy atom. The number of aliphatic imine (C=N–C) groups is 1. The zero-order valence-electron chi connectivity index (χ0n) is 19.0. The summed E-state index contributed by atoms with van der Waals surface area (Å²) >= 11 is 3.37. The molecule has 172 valence electrons. The number of carbonyl (C=O) groups excluding carboxylic acids is 1. The minimum Gasteiger partial charge on any atom is -0.494 e. The van der Waals surface area contributed by atoms with Crippen molar-refractivity contribution in [3.05, 3.63) is 88.4 Å². The zero-order chi connectivity index (χ0) is 23.3. The van der Waals surface area contributed by atoms with Gasteiger partial charge in [-0.15, -0.1) is 0 Å². The maximum atomic E-state index is 12.3. The average Bonchev–Trinajstić information content (AvgIpc) is 2.83. The Morgan fingerprint density at radius 3 is 2.33 bits per heavy atom. The Balaban J connectivity index is 1.45. The average molecular weight is 508 g/mol. The van der Waals surface area contributed by atoms with Crippen LogP contribution in [-0.2, 0) is 0 Å². The highest BCUT2D eigenvalue weighted by Crippen LogP contribution is 2.20. The molecule has 0 fully saturated rings. The van der Waals surface area contributed by atoms with Crippen LogP contribution in [0.5, 0.6) is 11.5 Å². The zero-order valence-corrected chi connectivity index (χ0v) is 20.6. The van der Waals surface area contributed by atoms with Crippen LogP contribution >= 0.6 is 15.9 Å². The van der Waals surface area contributed by atoms with Gasteiger partial charge in [-0.2, -0.15) is 0 Å². The number of rotatable bonds is 12. The molecule has 0 saturated carbocycles. The number of ether oxygens (including phenoxy) is 2. The van der Waals surface area contributed by atoms with Crippen molar-refractivity contribution in [2.24, 2.45) is 4.99 Å². The molecule has 5 heteroatoms. The first-order chi connectivity index (χ1) is 16.1. The van der Waals surface area contributed by atoms with Crippen molar-refractivity contribution in [2.45, 2.75) is 45.4 Å². The highest BCUT2D eigenvalue weighted by molar-refractivity contribution is 9.10. The summed E-state index contributed by atoms with van der Waals surface area (Å²) in [5, 5.41) is 0. The summed E-state index contributed by atoms with van der Waals surface area (Å²) in [6, 6.07) is 22.1. The normalized spacial score (nSPS) is 11.0. The van der Waals surface area contributed by atoms with Crippen molar-refractivity contribution in [2.75, 3.05) is 6.61 Å². The number of nitrogens with zero attached hydrogens (tertiary/aromatic N) is 1. The Hall–Kier alpha value is -2.92. The second kappa shape index (κ2) is 13.6. The summed E-state index contributed by atoms with van der Waals surface area (Å²) < 4.78 is 12.1. The van der Waals surface area contributed by atoms with Crippen LogP contribution in [0.2, 0.25) is 0 Å². The summed E-state index contributed by atoms with van der Waals surface area (Å²) in [6.07, 6.45) is 9.34. The topological polar surface area (TPSA) is 47.9 Å². The van der Waals surface area contributed by atoms with E-state index >= 15 is 0 Å². The molecule has 0 aliphatic carbocycles. The summed E-state index contributed by atoms with van der Waals surface area (Å²) in [7, 11) is 0. The van der Waals surface area contributed by atoms with E-state index in [1.54, 1.807) is 42.6 Å². The van der Waals surface area contributed by atoms with E-state index in [4.69, 9.17) is 9.47 Å². The highest BCUT2D eigenvalue weighted by atomic mass is 79.9. The Labute approximate surface area is 204 Å². The number of benzene rings is 3. The third kappa shape index (κ3) is 8.85. The molecular formula is C28H30BrNO3. The lowest BCUT2D eigenvalue weighted by Crippen LogP contribution is -2.07. The van der Waals surface area contributed by atoms with Crippen LogP contribution in [-0.4, -0.2) is 18.8 Å². The van der Waals surface area contributed by atoms with E-state index in [1.807, 2.05) is 36.4 Å². The second-order valence-corrected chi connectivity index (χ2v) is 8.75. The number of esters is 1. The quantitative estimate of drug-likeness (QED) is 0.107. The van der Waals surface area contributed by atoms with Gasteiger partial charge >= 0.3 is 5.97 Å². The maximum Gasteiger partial charge on any atom is 0.343 e. The van der Waals surface area contributed by atoms with Crippen LogP contribution in [0.3, 0.4) is 0 Å². The van der Waals surface area contributed by atoms with Gasteiger partial charge in [0.2, 0.25) is 0 Å². The molecule has 0 aromatic heterocycles. The summed E-state index contributed by atoms with van der Waals surface area (Å²) in [5.74, 6) is 0.977. The monoisotopic (exact) mass is 507 g/mol. The largest absolute Gasteiger partial charge is 0.494 e. The third-order valence-electron chi connectivity index (χ3n) is 5.12. The Bertz CT molecular complexity index is 1030. The van der Waals surface area contributed by atoms with Gasteiger partial charge in [-0.05, 0) is 78.7 Å². The van der Waals surface area contributed by atoms with Gasteiger partial charge in [-0.3, -0.25) is 4.99 Å². The fourth-order valence-electron chi connectivity index (χ4n) is 3.25. The van der Waals surface area contributed by atoms with Gasteiger partial charge in [0.1, 0.15) is 11.5 Å². The molecule has 0 heterocycles. The summed E-state index contributed by atoms with van der Waals surface area (Å²) in [6.45, 7) is 2.99. The SMILES string of the molecule is CCCCCCCCOc1ccc(C=Nc2ccc(C(=O)Oc3cccc(Br)c3)cc2)cc1. The van der Waals surface area contributed by atoms with Crippen LogP contribution in [0.4, 0.5) is 5.69 Å². The molecule has 0 unspecified atom stereocenters. The van der Waals surface area contributed by atoms with Gasteiger partial charge < -0.3 is 9.47 Å². The minimum absolute atomic E-state index is 0.403. The molecule has 3 aromatic carbocycles. The van der Waals surface area contributed by atoms with Crippen molar-refractivity contribution < 1.29 is 14.3 Å². The van der Waals surface area contributed by atoms with E-state index in [0.717, 1.165) is 34.5 Å². The molecule has 3 aromatic rings. The third-order valence-corrected chi connectivity index (χ3v) is 5.61.